The maximum Gasteiger partial charge on any atom is 0.309 e. The van der Waals surface area contributed by atoms with Crippen molar-refractivity contribution in [2.24, 2.45) is 5.92 Å². The van der Waals surface area contributed by atoms with Gasteiger partial charge in [-0.2, -0.15) is 5.26 Å². The Balaban J connectivity index is 2.46. The Morgan fingerprint density at radius 1 is 1.29 bits per heavy atom. The second kappa shape index (κ2) is 10.3. The second-order valence-corrected chi connectivity index (χ2v) is 5.43. The van der Waals surface area contributed by atoms with E-state index in [1.54, 1.807) is 11.8 Å². The molecule has 0 atom stereocenters. The highest BCUT2D eigenvalue weighted by Crippen LogP contribution is 2.19. The number of nitrogens with zero attached hydrogens (tertiary/aromatic N) is 2. The highest BCUT2D eigenvalue weighted by Gasteiger charge is 2.29. The number of nitrogens with one attached hydrogen (secondary N) is 2. The summed E-state index contributed by atoms with van der Waals surface area (Å²) in [4.78, 5) is 36.3. The molecule has 0 unspecified atom stereocenters. The van der Waals surface area contributed by atoms with Crippen LogP contribution in [0.25, 0.3) is 0 Å². The molecule has 8 nitrogen and oxygen atoms in total. The summed E-state index contributed by atoms with van der Waals surface area (Å²) in [6.07, 6.45) is 2.44. The Morgan fingerprint density at radius 2 is 1.96 bits per heavy atom. The topological polar surface area (TPSA) is 112 Å². The van der Waals surface area contributed by atoms with E-state index in [1.165, 1.54) is 13.1 Å². The zero-order valence-corrected chi connectivity index (χ0v) is 14.1. The van der Waals surface area contributed by atoms with Crippen LogP contribution in [-0.2, 0) is 19.1 Å². The predicted molar refractivity (Wildman–Crippen MR) is 86.3 cm³/mol. The first kappa shape index (κ1) is 19.5. The van der Waals surface area contributed by atoms with Crippen LogP contribution in [-0.4, -0.2) is 55.5 Å². The van der Waals surface area contributed by atoms with Gasteiger partial charge in [0.2, 0.25) is 5.91 Å². The average molecular weight is 336 g/mol. The van der Waals surface area contributed by atoms with E-state index in [2.05, 4.69) is 10.6 Å². The fraction of sp³-hybridized carbons (Fsp3) is 0.625. The SMILES string of the molecule is CCOC(=O)C1CCN(C(=O)/C(C#N)=C\NCCNC(C)=O)CC1. The van der Waals surface area contributed by atoms with E-state index in [0.717, 1.165) is 0 Å². The first-order valence-corrected chi connectivity index (χ1v) is 8.03. The van der Waals surface area contributed by atoms with E-state index in [4.69, 9.17) is 10.00 Å². The first-order valence-electron chi connectivity index (χ1n) is 8.03. The van der Waals surface area contributed by atoms with Crippen LogP contribution >= 0.6 is 0 Å². The van der Waals surface area contributed by atoms with E-state index in [9.17, 15) is 14.4 Å². The van der Waals surface area contributed by atoms with Crippen LogP contribution in [0.1, 0.15) is 26.7 Å². The number of rotatable bonds is 7. The van der Waals surface area contributed by atoms with Crippen LogP contribution < -0.4 is 10.6 Å². The van der Waals surface area contributed by atoms with Gasteiger partial charge in [0.25, 0.3) is 5.91 Å². The summed E-state index contributed by atoms with van der Waals surface area (Å²) in [5.74, 6) is -0.895. The van der Waals surface area contributed by atoms with Gasteiger partial charge in [-0.1, -0.05) is 0 Å². The molecule has 0 aromatic heterocycles. The van der Waals surface area contributed by atoms with E-state index in [0.29, 0.717) is 45.6 Å². The minimum absolute atomic E-state index is 0.00686. The minimum Gasteiger partial charge on any atom is -0.466 e. The maximum absolute atomic E-state index is 12.3. The summed E-state index contributed by atoms with van der Waals surface area (Å²) in [6.45, 7) is 5.20. The summed E-state index contributed by atoms with van der Waals surface area (Å²) in [6, 6.07) is 1.88. The summed E-state index contributed by atoms with van der Waals surface area (Å²) in [5, 5.41) is 14.6. The molecule has 1 heterocycles. The number of carbonyl (C=O) groups excluding carboxylic acids is 3. The van der Waals surface area contributed by atoms with Gasteiger partial charge < -0.3 is 20.3 Å². The summed E-state index contributed by atoms with van der Waals surface area (Å²) in [5.41, 5.74) is 0.00686. The lowest BCUT2D eigenvalue weighted by Gasteiger charge is -2.30. The van der Waals surface area contributed by atoms with Crippen LogP contribution in [0.4, 0.5) is 0 Å². The van der Waals surface area contributed by atoms with Gasteiger partial charge in [-0.15, -0.1) is 0 Å². The number of nitriles is 1. The van der Waals surface area contributed by atoms with E-state index < -0.39 is 0 Å². The van der Waals surface area contributed by atoms with Gasteiger partial charge in [0.15, 0.2) is 0 Å². The van der Waals surface area contributed by atoms with Crippen molar-refractivity contribution in [1.82, 2.24) is 15.5 Å². The molecule has 1 fully saturated rings. The molecule has 0 radical (unpaired) electrons. The van der Waals surface area contributed by atoms with Gasteiger partial charge in [-0.05, 0) is 19.8 Å². The first-order chi connectivity index (χ1) is 11.5. The van der Waals surface area contributed by atoms with Crippen LogP contribution in [0, 0.1) is 17.2 Å². The number of esters is 1. The molecule has 24 heavy (non-hydrogen) atoms. The molecule has 0 aromatic carbocycles. The highest BCUT2D eigenvalue weighted by molar-refractivity contribution is 5.97. The largest absolute Gasteiger partial charge is 0.466 e. The van der Waals surface area contributed by atoms with Crippen molar-refractivity contribution in [2.75, 3.05) is 32.8 Å². The second-order valence-electron chi connectivity index (χ2n) is 5.43. The van der Waals surface area contributed by atoms with Crippen LogP contribution in [0.5, 0.6) is 0 Å². The average Bonchev–Trinajstić information content (AvgIpc) is 2.57. The number of likely N-dealkylation sites (tertiary alicyclic amines) is 1. The fourth-order valence-corrected chi connectivity index (χ4v) is 2.38. The molecule has 132 valence electrons. The quantitative estimate of drug-likeness (QED) is 0.291. The van der Waals surface area contributed by atoms with Crippen molar-refractivity contribution in [3.05, 3.63) is 11.8 Å². The van der Waals surface area contributed by atoms with Crippen molar-refractivity contribution in [3.8, 4) is 6.07 Å². The summed E-state index contributed by atoms with van der Waals surface area (Å²) in [7, 11) is 0. The zero-order valence-electron chi connectivity index (χ0n) is 14.1. The van der Waals surface area contributed by atoms with Crippen LogP contribution in [0.2, 0.25) is 0 Å². The number of hydrogen-bond acceptors (Lipinski definition) is 6. The van der Waals surface area contributed by atoms with Crippen molar-refractivity contribution in [1.29, 1.82) is 5.26 Å². The molecule has 2 amide bonds. The standard InChI is InChI=1S/C16H24N4O4/c1-3-24-16(23)13-4-8-20(9-5-13)15(22)14(10-17)11-18-6-7-19-12(2)21/h11,13,18H,3-9H2,1-2H3,(H,19,21)/b14-11-. The third kappa shape index (κ3) is 6.28. The molecule has 2 N–H and O–H groups in total. The van der Waals surface area contributed by atoms with E-state index in [1.807, 2.05) is 6.07 Å². The maximum atomic E-state index is 12.3. The Labute approximate surface area is 141 Å². The summed E-state index contributed by atoms with van der Waals surface area (Å²) < 4.78 is 4.99. The fourth-order valence-electron chi connectivity index (χ4n) is 2.38. The van der Waals surface area contributed by atoms with Gasteiger partial charge in [0.1, 0.15) is 11.6 Å². The highest BCUT2D eigenvalue weighted by atomic mass is 16.5. The molecule has 0 saturated carbocycles. The van der Waals surface area contributed by atoms with Crippen molar-refractivity contribution >= 4 is 17.8 Å². The Bertz CT molecular complexity index is 531. The third-order valence-electron chi connectivity index (χ3n) is 3.64. The molecule has 1 saturated heterocycles. The zero-order chi connectivity index (χ0) is 17.9. The van der Waals surface area contributed by atoms with Gasteiger partial charge in [0.05, 0.1) is 12.5 Å². The van der Waals surface area contributed by atoms with Gasteiger partial charge >= 0.3 is 5.97 Å². The number of amides is 2. The smallest absolute Gasteiger partial charge is 0.309 e. The van der Waals surface area contributed by atoms with E-state index in [-0.39, 0.29) is 29.3 Å². The molecule has 1 aliphatic heterocycles. The Kier molecular flexibility index (Phi) is 8.33. The molecular formula is C16H24N4O4. The van der Waals surface area contributed by atoms with Crippen molar-refractivity contribution in [3.63, 3.8) is 0 Å². The Morgan fingerprint density at radius 3 is 2.50 bits per heavy atom. The Hall–Kier alpha value is -2.56. The normalized spacial score (nSPS) is 15.4. The monoisotopic (exact) mass is 336 g/mol. The van der Waals surface area contributed by atoms with Gasteiger partial charge in [-0.3, -0.25) is 14.4 Å². The molecule has 1 rings (SSSR count). The lowest BCUT2D eigenvalue weighted by atomic mass is 9.96. The molecule has 0 bridgehead atoms. The van der Waals surface area contributed by atoms with Crippen LogP contribution in [0.15, 0.2) is 11.8 Å². The minimum atomic E-state index is -0.355. The molecule has 8 heteroatoms. The number of carbonyl (C=O) groups is 3. The van der Waals surface area contributed by atoms with Gasteiger partial charge in [-0.25, -0.2) is 0 Å². The van der Waals surface area contributed by atoms with Crippen LogP contribution in [0.3, 0.4) is 0 Å². The molecule has 1 aliphatic rings. The lowest BCUT2D eigenvalue weighted by Crippen LogP contribution is -2.41. The van der Waals surface area contributed by atoms with E-state index >= 15 is 0 Å². The summed E-state index contributed by atoms with van der Waals surface area (Å²) >= 11 is 0. The van der Waals surface area contributed by atoms with Crippen molar-refractivity contribution in [2.45, 2.75) is 26.7 Å². The predicted octanol–water partition coefficient (Wildman–Crippen LogP) is -0.0787. The number of ether oxygens (including phenoxy) is 1. The lowest BCUT2D eigenvalue weighted by molar-refractivity contribution is -0.150. The third-order valence-corrected chi connectivity index (χ3v) is 3.64. The molecular weight excluding hydrogens is 312 g/mol. The number of piperidine rings is 1. The molecule has 0 spiro atoms. The number of hydrogen-bond donors (Lipinski definition) is 2. The van der Waals surface area contributed by atoms with Crippen molar-refractivity contribution < 1.29 is 19.1 Å². The molecule has 0 aliphatic carbocycles. The van der Waals surface area contributed by atoms with Gasteiger partial charge in [0, 0.05) is 39.3 Å². The molecule has 0 aromatic rings.